The van der Waals surface area contributed by atoms with Crippen LogP contribution < -0.4 is 4.90 Å². The lowest BCUT2D eigenvalue weighted by Crippen LogP contribution is -2.61. The average Bonchev–Trinajstić information content (AvgIpc) is 2.28. The number of nitrogens with zero attached hydrogens (tertiary/aromatic N) is 1. The van der Waals surface area contributed by atoms with Gasteiger partial charge in [-0.1, -0.05) is 24.6 Å². The molecule has 1 N–H and O–H groups in total. The lowest BCUT2D eigenvalue weighted by molar-refractivity contribution is -0.142. The second-order valence-electron chi connectivity index (χ2n) is 7.18. The number of carboxylic acid groups (broad SMARTS) is 1. The minimum Gasteiger partial charge on any atom is -0.480 e. The quantitative estimate of drug-likeness (QED) is 0.888. The first-order valence-corrected chi connectivity index (χ1v) is 7.21. The van der Waals surface area contributed by atoms with Crippen molar-refractivity contribution in [3.63, 3.8) is 0 Å². The zero-order chi connectivity index (χ0) is 15.3. The second kappa shape index (κ2) is 4.51. The fraction of sp³-hybridized carbons (Fsp3) is 0.588. The molecule has 0 aliphatic carbocycles. The molecule has 1 aromatic carbocycles. The van der Waals surface area contributed by atoms with Crippen LogP contribution in [0.5, 0.6) is 0 Å². The first-order chi connectivity index (χ1) is 9.07. The summed E-state index contributed by atoms with van der Waals surface area (Å²) >= 11 is 0. The topological polar surface area (TPSA) is 40.5 Å². The van der Waals surface area contributed by atoms with E-state index in [4.69, 9.17) is 0 Å². The highest BCUT2D eigenvalue weighted by molar-refractivity contribution is 5.84. The van der Waals surface area contributed by atoms with Gasteiger partial charge in [-0.15, -0.1) is 0 Å². The average molecular weight is 275 g/mol. The molecule has 0 fully saturated rings. The number of carbonyl (C=O) groups is 1. The van der Waals surface area contributed by atoms with Crippen LogP contribution in [0.1, 0.15) is 58.1 Å². The molecule has 2 rings (SSSR count). The lowest BCUT2D eigenvalue weighted by atomic mass is 9.77. The highest BCUT2D eigenvalue weighted by Crippen LogP contribution is 2.46. The van der Waals surface area contributed by atoms with Gasteiger partial charge in [0.1, 0.15) is 5.54 Å². The Balaban J connectivity index is 2.66. The largest absolute Gasteiger partial charge is 0.480 e. The minimum atomic E-state index is -0.923. The van der Waals surface area contributed by atoms with Gasteiger partial charge in [0.2, 0.25) is 0 Å². The van der Waals surface area contributed by atoms with Crippen LogP contribution in [-0.2, 0) is 4.79 Å². The monoisotopic (exact) mass is 275 g/mol. The molecule has 1 atom stereocenters. The second-order valence-corrected chi connectivity index (χ2v) is 7.18. The first kappa shape index (κ1) is 14.9. The molecule has 1 heterocycles. The van der Waals surface area contributed by atoms with Gasteiger partial charge in [-0.05, 0) is 58.6 Å². The van der Waals surface area contributed by atoms with E-state index in [1.807, 2.05) is 0 Å². The van der Waals surface area contributed by atoms with Crippen LogP contribution in [0.4, 0.5) is 5.69 Å². The number of aliphatic carboxylic acids is 1. The maximum atomic E-state index is 11.7. The Kier molecular flexibility index (Phi) is 3.35. The predicted molar refractivity (Wildman–Crippen MR) is 82.5 cm³/mol. The lowest BCUT2D eigenvalue weighted by Gasteiger charge is -2.53. The van der Waals surface area contributed by atoms with Gasteiger partial charge in [-0.2, -0.15) is 0 Å². The molecule has 3 nitrogen and oxygen atoms in total. The molecular formula is C17H25NO2. The van der Waals surface area contributed by atoms with Crippen molar-refractivity contribution in [2.24, 2.45) is 0 Å². The maximum Gasteiger partial charge on any atom is 0.328 e. The maximum absolute atomic E-state index is 11.7. The third-order valence-electron chi connectivity index (χ3n) is 4.45. The Hall–Kier alpha value is -1.51. The Morgan fingerprint density at radius 1 is 1.40 bits per heavy atom. The molecule has 1 unspecified atom stereocenters. The van der Waals surface area contributed by atoms with Crippen LogP contribution in [0.2, 0.25) is 0 Å². The highest BCUT2D eigenvalue weighted by atomic mass is 16.4. The SMILES string of the molecule is Cc1ccc2c(c1)C(C)CC(C)(C)N2C(C)(C)C(=O)O. The van der Waals surface area contributed by atoms with E-state index >= 15 is 0 Å². The summed E-state index contributed by atoms with van der Waals surface area (Å²) in [5, 5.41) is 9.63. The van der Waals surface area contributed by atoms with Crippen LogP contribution in [-0.4, -0.2) is 22.2 Å². The van der Waals surface area contributed by atoms with Crippen molar-refractivity contribution < 1.29 is 9.90 Å². The third-order valence-corrected chi connectivity index (χ3v) is 4.45. The van der Waals surface area contributed by atoms with E-state index in [0.29, 0.717) is 5.92 Å². The van der Waals surface area contributed by atoms with Gasteiger partial charge >= 0.3 is 5.97 Å². The Morgan fingerprint density at radius 2 is 2.00 bits per heavy atom. The van der Waals surface area contributed by atoms with E-state index in [-0.39, 0.29) is 5.54 Å². The summed E-state index contributed by atoms with van der Waals surface area (Å²) in [5.74, 6) is -0.340. The molecule has 0 bridgehead atoms. The summed E-state index contributed by atoms with van der Waals surface area (Å²) in [4.78, 5) is 13.8. The predicted octanol–water partition coefficient (Wildman–Crippen LogP) is 3.95. The van der Waals surface area contributed by atoms with Crippen molar-refractivity contribution in [3.05, 3.63) is 29.3 Å². The standard InChI is InChI=1S/C17H25NO2/c1-11-7-8-14-13(9-11)12(2)10-16(3,4)18(14)17(5,6)15(19)20/h7-9,12H,10H2,1-6H3,(H,19,20). The van der Waals surface area contributed by atoms with E-state index in [0.717, 1.165) is 12.1 Å². The Morgan fingerprint density at radius 3 is 2.55 bits per heavy atom. The number of aryl methyl sites for hydroxylation is 1. The number of benzene rings is 1. The van der Waals surface area contributed by atoms with Crippen LogP contribution in [0, 0.1) is 6.92 Å². The molecule has 0 spiro atoms. The van der Waals surface area contributed by atoms with E-state index in [2.05, 4.69) is 50.8 Å². The third kappa shape index (κ3) is 2.19. The summed E-state index contributed by atoms with van der Waals surface area (Å²) < 4.78 is 0. The molecule has 3 heteroatoms. The molecule has 1 aromatic rings. The van der Waals surface area contributed by atoms with Gasteiger partial charge in [0.05, 0.1) is 0 Å². The van der Waals surface area contributed by atoms with Crippen molar-refractivity contribution in [3.8, 4) is 0 Å². The number of rotatable bonds is 2. The van der Waals surface area contributed by atoms with E-state index < -0.39 is 11.5 Å². The zero-order valence-corrected chi connectivity index (χ0v) is 13.3. The zero-order valence-electron chi connectivity index (χ0n) is 13.3. The Bertz CT molecular complexity index is 546. The van der Waals surface area contributed by atoms with Crippen molar-refractivity contribution in [1.82, 2.24) is 0 Å². The van der Waals surface area contributed by atoms with Gasteiger partial charge < -0.3 is 10.0 Å². The normalized spacial score (nSPS) is 21.5. The van der Waals surface area contributed by atoms with Gasteiger partial charge in [-0.3, -0.25) is 0 Å². The smallest absolute Gasteiger partial charge is 0.328 e. The molecule has 1 aliphatic rings. The molecule has 0 aromatic heterocycles. The summed E-state index contributed by atoms with van der Waals surface area (Å²) in [7, 11) is 0. The van der Waals surface area contributed by atoms with Gasteiger partial charge in [0, 0.05) is 11.2 Å². The fourth-order valence-corrected chi connectivity index (χ4v) is 3.70. The van der Waals surface area contributed by atoms with E-state index in [9.17, 15) is 9.90 Å². The minimum absolute atomic E-state index is 0.177. The number of fused-ring (bicyclic) bond motifs is 1. The Labute approximate surface area is 121 Å². The van der Waals surface area contributed by atoms with Crippen molar-refractivity contribution >= 4 is 11.7 Å². The molecule has 110 valence electrons. The van der Waals surface area contributed by atoms with Crippen molar-refractivity contribution in [1.29, 1.82) is 0 Å². The van der Waals surface area contributed by atoms with Crippen molar-refractivity contribution in [2.45, 2.75) is 65.0 Å². The fourth-order valence-electron chi connectivity index (χ4n) is 3.70. The van der Waals surface area contributed by atoms with Crippen molar-refractivity contribution in [2.75, 3.05) is 4.90 Å². The number of hydrogen-bond acceptors (Lipinski definition) is 2. The van der Waals surface area contributed by atoms with Gasteiger partial charge in [0.15, 0.2) is 0 Å². The van der Waals surface area contributed by atoms with E-state index in [1.165, 1.54) is 11.1 Å². The van der Waals surface area contributed by atoms with Gasteiger partial charge in [0.25, 0.3) is 0 Å². The molecule has 20 heavy (non-hydrogen) atoms. The van der Waals surface area contributed by atoms with Gasteiger partial charge in [-0.25, -0.2) is 4.79 Å². The highest BCUT2D eigenvalue weighted by Gasteiger charge is 2.47. The van der Waals surface area contributed by atoms with Crippen LogP contribution in [0.15, 0.2) is 18.2 Å². The summed E-state index contributed by atoms with van der Waals surface area (Å²) in [6, 6.07) is 6.34. The molecular weight excluding hydrogens is 250 g/mol. The van der Waals surface area contributed by atoms with Crippen LogP contribution >= 0.6 is 0 Å². The number of anilines is 1. The van der Waals surface area contributed by atoms with E-state index in [1.54, 1.807) is 13.8 Å². The summed E-state index contributed by atoms with van der Waals surface area (Å²) in [6.45, 7) is 12.2. The van der Waals surface area contributed by atoms with Crippen LogP contribution in [0.3, 0.4) is 0 Å². The number of carboxylic acids is 1. The summed E-state index contributed by atoms with van der Waals surface area (Å²) in [5.41, 5.74) is 2.45. The first-order valence-electron chi connectivity index (χ1n) is 7.21. The molecule has 1 aliphatic heterocycles. The molecule has 0 amide bonds. The summed E-state index contributed by atoms with van der Waals surface area (Å²) in [6.07, 6.45) is 0.958. The molecule has 0 saturated heterocycles. The molecule has 0 radical (unpaired) electrons. The number of hydrogen-bond donors (Lipinski definition) is 1. The van der Waals surface area contributed by atoms with Crippen LogP contribution in [0.25, 0.3) is 0 Å². The molecule has 0 saturated carbocycles.